The molecule has 0 saturated heterocycles. The summed E-state index contributed by atoms with van der Waals surface area (Å²) in [6, 6.07) is 6.70. The maximum Gasteiger partial charge on any atom is 0.240 e. The Kier molecular flexibility index (Phi) is 2.75. The highest BCUT2D eigenvalue weighted by Crippen LogP contribution is 2.22. The zero-order valence-corrected chi connectivity index (χ0v) is 11.6. The van der Waals surface area contributed by atoms with Gasteiger partial charge in [-0.3, -0.25) is 0 Å². The standard InChI is InChI=1S/C12H13N5O2S/c1-20(18,19)10-4-2-9(3-5-10)16-6-7-17-11(8-16)14-12(13)15-17/h2-7H,8H2,1H3,(H2,13,15). The summed E-state index contributed by atoms with van der Waals surface area (Å²) >= 11 is 0. The molecule has 0 saturated carbocycles. The number of fused-ring (bicyclic) bond motifs is 1. The van der Waals surface area contributed by atoms with E-state index in [1.54, 1.807) is 35.1 Å². The van der Waals surface area contributed by atoms with E-state index in [9.17, 15) is 8.42 Å². The molecule has 0 amide bonds. The van der Waals surface area contributed by atoms with E-state index in [1.165, 1.54) is 6.26 Å². The van der Waals surface area contributed by atoms with E-state index in [-0.39, 0.29) is 5.95 Å². The van der Waals surface area contributed by atoms with E-state index in [2.05, 4.69) is 10.1 Å². The van der Waals surface area contributed by atoms with E-state index >= 15 is 0 Å². The second-order valence-corrected chi connectivity index (χ2v) is 6.54. The molecule has 0 spiro atoms. The smallest absolute Gasteiger partial charge is 0.240 e. The van der Waals surface area contributed by atoms with Crippen LogP contribution in [0.1, 0.15) is 5.82 Å². The molecule has 2 heterocycles. The van der Waals surface area contributed by atoms with Gasteiger partial charge in [0.2, 0.25) is 5.95 Å². The van der Waals surface area contributed by atoms with E-state index in [0.717, 1.165) is 11.5 Å². The second kappa shape index (κ2) is 4.34. The van der Waals surface area contributed by atoms with Gasteiger partial charge in [-0.25, -0.2) is 13.1 Å². The lowest BCUT2D eigenvalue weighted by atomic mass is 10.3. The molecule has 8 heteroatoms. The topological polar surface area (TPSA) is 94.1 Å². The number of sulfone groups is 1. The molecule has 1 aromatic heterocycles. The van der Waals surface area contributed by atoms with E-state index in [1.807, 2.05) is 11.1 Å². The van der Waals surface area contributed by atoms with Gasteiger partial charge in [-0.05, 0) is 24.3 Å². The van der Waals surface area contributed by atoms with Crippen molar-refractivity contribution < 1.29 is 8.42 Å². The number of aromatic nitrogens is 3. The number of nitrogens with two attached hydrogens (primary N) is 1. The fraction of sp³-hybridized carbons (Fsp3) is 0.167. The molecule has 7 nitrogen and oxygen atoms in total. The van der Waals surface area contributed by atoms with Crippen LogP contribution in [0, 0.1) is 0 Å². The van der Waals surface area contributed by atoms with Crippen LogP contribution in [0.3, 0.4) is 0 Å². The zero-order chi connectivity index (χ0) is 14.3. The number of nitrogen functional groups attached to an aromatic ring is 1. The molecule has 0 fully saturated rings. The molecule has 0 unspecified atom stereocenters. The Morgan fingerprint density at radius 1 is 1.20 bits per heavy atom. The van der Waals surface area contributed by atoms with Crippen LogP contribution in [0.25, 0.3) is 6.20 Å². The Labute approximate surface area is 116 Å². The van der Waals surface area contributed by atoms with Crippen molar-refractivity contribution in [2.24, 2.45) is 0 Å². The fourth-order valence-electron chi connectivity index (χ4n) is 2.01. The van der Waals surface area contributed by atoms with Crippen LogP contribution in [-0.4, -0.2) is 29.4 Å². The molecule has 2 N–H and O–H groups in total. The van der Waals surface area contributed by atoms with E-state index < -0.39 is 9.84 Å². The summed E-state index contributed by atoms with van der Waals surface area (Å²) in [5, 5.41) is 4.02. The Bertz CT molecular complexity index is 777. The Morgan fingerprint density at radius 3 is 2.55 bits per heavy atom. The lowest BCUT2D eigenvalue weighted by Crippen LogP contribution is -2.22. The zero-order valence-electron chi connectivity index (χ0n) is 10.8. The van der Waals surface area contributed by atoms with Gasteiger partial charge in [0.05, 0.1) is 11.4 Å². The summed E-state index contributed by atoms with van der Waals surface area (Å²) in [4.78, 5) is 6.37. The minimum absolute atomic E-state index is 0.235. The molecule has 0 aliphatic carbocycles. The van der Waals surface area contributed by atoms with Crippen molar-refractivity contribution in [2.75, 3.05) is 16.9 Å². The van der Waals surface area contributed by atoms with Gasteiger partial charge < -0.3 is 10.6 Å². The van der Waals surface area contributed by atoms with Gasteiger partial charge >= 0.3 is 0 Å². The van der Waals surface area contributed by atoms with Crippen LogP contribution < -0.4 is 10.6 Å². The van der Waals surface area contributed by atoms with E-state index in [0.29, 0.717) is 11.4 Å². The largest absolute Gasteiger partial charge is 0.366 e. The molecular weight excluding hydrogens is 278 g/mol. The third-order valence-corrected chi connectivity index (χ3v) is 4.14. The van der Waals surface area contributed by atoms with Gasteiger partial charge in [0.1, 0.15) is 0 Å². The van der Waals surface area contributed by atoms with Crippen LogP contribution in [0.4, 0.5) is 11.6 Å². The van der Waals surface area contributed by atoms with Crippen molar-refractivity contribution in [1.82, 2.24) is 14.8 Å². The molecule has 104 valence electrons. The Hall–Kier alpha value is -2.35. The maximum atomic E-state index is 11.4. The van der Waals surface area contributed by atoms with Crippen molar-refractivity contribution in [3.05, 3.63) is 36.3 Å². The molecule has 1 aromatic carbocycles. The number of rotatable bonds is 2. The predicted octanol–water partition coefficient (Wildman–Crippen LogP) is 0.712. The van der Waals surface area contributed by atoms with Gasteiger partial charge in [-0.2, -0.15) is 4.98 Å². The van der Waals surface area contributed by atoms with Gasteiger partial charge in [-0.1, -0.05) is 0 Å². The maximum absolute atomic E-state index is 11.4. The lowest BCUT2D eigenvalue weighted by molar-refractivity contribution is 0.602. The van der Waals surface area contributed by atoms with Gasteiger partial charge in [-0.15, -0.1) is 5.10 Å². The summed E-state index contributed by atoms with van der Waals surface area (Å²) in [5.41, 5.74) is 6.42. The number of hydrogen-bond donors (Lipinski definition) is 1. The number of benzene rings is 1. The molecule has 0 atom stereocenters. The molecule has 2 aromatic rings. The van der Waals surface area contributed by atoms with Crippen LogP contribution >= 0.6 is 0 Å². The summed E-state index contributed by atoms with van der Waals surface area (Å²) in [5.74, 6) is 0.969. The second-order valence-electron chi connectivity index (χ2n) is 4.52. The molecule has 0 bridgehead atoms. The number of nitrogens with zero attached hydrogens (tertiary/aromatic N) is 4. The fourth-order valence-corrected chi connectivity index (χ4v) is 2.64. The first kappa shape index (κ1) is 12.7. The third-order valence-electron chi connectivity index (χ3n) is 3.01. The molecule has 1 aliphatic rings. The van der Waals surface area contributed by atoms with Gasteiger partial charge in [0.15, 0.2) is 15.7 Å². The normalized spacial score (nSPS) is 14.3. The van der Waals surface area contributed by atoms with Crippen molar-refractivity contribution in [3.63, 3.8) is 0 Å². The minimum Gasteiger partial charge on any atom is -0.366 e. The van der Waals surface area contributed by atoms with E-state index in [4.69, 9.17) is 5.73 Å². The predicted molar refractivity (Wildman–Crippen MR) is 75.5 cm³/mol. The first-order valence-corrected chi connectivity index (χ1v) is 7.78. The first-order valence-electron chi connectivity index (χ1n) is 5.89. The Morgan fingerprint density at radius 2 is 1.90 bits per heavy atom. The minimum atomic E-state index is -3.18. The van der Waals surface area contributed by atoms with Crippen LogP contribution in [0.15, 0.2) is 35.4 Å². The van der Waals surface area contributed by atoms with Crippen LogP contribution in [0.5, 0.6) is 0 Å². The molecule has 0 radical (unpaired) electrons. The van der Waals surface area contributed by atoms with Crippen molar-refractivity contribution >= 4 is 27.7 Å². The SMILES string of the molecule is CS(=O)(=O)c1ccc(N2C=Cn3nc(N)nc3C2)cc1. The van der Waals surface area contributed by atoms with Crippen LogP contribution in [-0.2, 0) is 16.4 Å². The highest BCUT2D eigenvalue weighted by atomic mass is 32.2. The summed E-state index contributed by atoms with van der Waals surface area (Å²) < 4.78 is 24.5. The average Bonchev–Trinajstić information content (AvgIpc) is 2.77. The first-order chi connectivity index (χ1) is 9.43. The molecule has 3 rings (SSSR count). The van der Waals surface area contributed by atoms with Crippen molar-refractivity contribution in [2.45, 2.75) is 11.4 Å². The highest BCUT2D eigenvalue weighted by Gasteiger charge is 2.16. The summed E-state index contributed by atoms with van der Waals surface area (Å²) in [6.45, 7) is 0.527. The summed E-state index contributed by atoms with van der Waals surface area (Å²) in [7, 11) is -3.18. The monoisotopic (exact) mass is 291 g/mol. The molecular formula is C12H13N5O2S. The van der Waals surface area contributed by atoms with Gasteiger partial charge in [0.25, 0.3) is 0 Å². The van der Waals surface area contributed by atoms with Crippen molar-refractivity contribution in [1.29, 1.82) is 0 Å². The molecule has 20 heavy (non-hydrogen) atoms. The van der Waals surface area contributed by atoms with Gasteiger partial charge in [0, 0.05) is 24.3 Å². The highest BCUT2D eigenvalue weighted by molar-refractivity contribution is 7.90. The summed E-state index contributed by atoms with van der Waals surface area (Å²) in [6.07, 6.45) is 4.79. The Balaban J connectivity index is 1.88. The van der Waals surface area contributed by atoms with Crippen molar-refractivity contribution in [3.8, 4) is 0 Å². The van der Waals surface area contributed by atoms with Crippen LogP contribution in [0.2, 0.25) is 0 Å². The average molecular weight is 291 g/mol. The quantitative estimate of drug-likeness (QED) is 0.876. The lowest BCUT2D eigenvalue weighted by Gasteiger charge is -2.23. The molecule has 1 aliphatic heterocycles. The number of hydrogen-bond acceptors (Lipinski definition) is 6. The third kappa shape index (κ3) is 2.25. The number of anilines is 2.